The van der Waals surface area contributed by atoms with E-state index in [1.165, 1.54) is 0 Å². The van der Waals surface area contributed by atoms with Crippen molar-refractivity contribution in [3.8, 4) is 0 Å². The van der Waals surface area contributed by atoms with Gasteiger partial charge in [0, 0.05) is 12.7 Å². The molecule has 1 amide bonds. The van der Waals surface area contributed by atoms with Gasteiger partial charge in [0.05, 0.1) is 30.2 Å². The third-order valence-corrected chi connectivity index (χ3v) is 4.69. The number of nitrogens with zero attached hydrogens (tertiary/aromatic N) is 1. The van der Waals surface area contributed by atoms with Gasteiger partial charge in [0.15, 0.2) is 4.77 Å². The molecule has 0 bridgehead atoms. The molecule has 7 nitrogen and oxygen atoms in total. The van der Waals surface area contributed by atoms with Crippen molar-refractivity contribution in [2.45, 2.75) is 6.54 Å². The molecule has 150 valence electrons. The molecule has 6 N–H and O–H groups in total. The molecule has 3 aromatic rings. The first kappa shape index (κ1) is 20.4. The van der Waals surface area contributed by atoms with Gasteiger partial charge in [0.25, 0.3) is 5.91 Å². The van der Waals surface area contributed by atoms with Crippen molar-refractivity contribution in [2.24, 2.45) is 0 Å². The first-order valence-corrected chi connectivity index (χ1v) is 9.39. The van der Waals surface area contributed by atoms with Gasteiger partial charge in [0.2, 0.25) is 0 Å². The number of amides is 1. The number of imidazole rings is 1. The summed E-state index contributed by atoms with van der Waals surface area (Å²) in [5.74, 6) is 0.321. The Labute approximate surface area is 174 Å². The van der Waals surface area contributed by atoms with Crippen LogP contribution in [0.3, 0.4) is 0 Å². The zero-order chi connectivity index (χ0) is 20.8. The summed E-state index contributed by atoms with van der Waals surface area (Å²) in [6, 6.07) is 14.4. The summed E-state index contributed by atoms with van der Waals surface area (Å²) in [7, 11) is 1.62. The Morgan fingerprint density at radius 3 is 2.62 bits per heavy atom. The van der Waals surface area contributed by atoms with Gasteiger partial charge in [-0.25, -0.2) is 0 Å². The predicted octanol–water partition coefficient (Wildman–Crippen LogP) is 3.67. The minimum absolute atomic E-state index is 0.224. The Hall–Kier alpha value is -3.36. The summed E-state index contributed by atoms with van der Waals surface area (Å²) in [6.45, 7) is 0.982. The number of aromatic nitrogens is 2. The van der Waals surface area contributed by atoms with Gasteiger partial charge in [-0.2, -0.15) is 0 Å². The van der Waals surface area contributed by atoms with Gasteiger partial charge < -0.3 is 26.5 Å². The minimum Gasteiger partial charge on any atom is -0.397 e. The Balaban J connectivity index is 1.72. The average Bonchev–Trinajstić information content (AvgIpc) is 2.98. The number of nitrogens with two attached hydrogens (primary N) is 2. The van der Waals surface area contributed by atoms with Gasteiger partial charge in [-0.15, -0.1) is 0 Å². The number of hydrogen-bond acceptors (Lipinski definition) is 5. The van der Waals surface area contributed by atoms with Crippen LogP contribution in [0.5, 0.6) is 0 Å². The van der Waals surface area contributed by atoms with Crippen LogP contribution in [0.15, 0.2) is 54.6 Å². The van der Waals surface area contributed by atoms with E-state index < -0.39 is 0 Å². The zero-order valence-corrected chi connectivity index (χ0v) is 16.8. The maximum atomic E-state index is 12.4. The minimum atomic E-state index is -0.224. The van der Waals surface area contributed by atoms with Crippen LogP contribution < -0.4 is 16.8 Å². The summed E-state index contributed by atoms with van der Waals surface area (Å²) >= 11 is 5.38. The lowest BCUT2D eigenvalue weighted by molar-refractivity contribution is 0.102. The molecule has 1 heterocycles. The van der Waals surface area contributed by atoms with Crippen LogP contribution in [0.1, 0.15) is 21.6 Å². The Morgan fingerprint density at radius 2 is 1.93 bits per heavy atom. The van der Waals surface area contributed by atoms with Crippen molar-refractivity contribution in [1.82, 2.24) is 9.55 Å². The molecular weight excluding hydrogens is 386 g/mol. The number of para-hydroxylation sites is 2. The molecule has 2 aromatic carbocycles. The zero-order valence-electron chi connectivity index (χ0n) is 16.0. The highest BCUT2D eigenvalue weighted by Crippen LogP contribution is 2.19. The van der Waals surface area contributed by atoms with Crippen LogP contribution >= 0.6 is 12.2 Å². The molecular formula is C21H23N5O2S. The standard InChI is InChI=1S/C21H23N5O2S/c1-28-12-4-7-18-19(23)26(21(29)25-18)13-14-8-10-15(11-9-14)20(27)24-17-6-3-2-5-16(17)22/h2-11H,12-13,22-23H2,1H3,(H,24,27)(H,25,29)/b7-4-. The van der Waals surface area contributed by atoms with Crippen molar-refractivity contribution >= 4 is 41.4 Å². The first-order valence-electron chi connectivity index (χ1n) is 8.98. The Bertz CT molecular complexity index is 1080. The van der Waals surface area contributed by atoms with E-state index in [9.17, 15) is 4.79 Å². The number of carbonyl (C=O) groups is 1. The molecule has 0 radical (unpaired) electrons. The van der Waals surface area contributed by atoms with E-state index in [-0.39, 0.29) is 5.91 Å². The van der Waals surface area contributed by atoms with E-state index >= 15 is 0 Å². The van der Waals surface area contributed by atoms with E-state index in [0.717, 1.165) is 11.3 Å². The van der Waals surface area contributed by atoms with Crippen molar-refractivity contribution in [2.75, 3.05) is 30.5 Å². The lowest BCUT2D eigenvalue weighted by Gasteiger charge is -2.09. The van der Waals surface area contributed by atoms with Crippen LogP contribution in [0.2, 0.25) is 0 Å². The van der Waals surface area contributed by atoms with Crippen molar-refractivity contribution < 1.29 is 9.53 Å². The highest BCUT2D eigenvalue weighted by atomic mass is 32.1. The number of H-pyrrole nitrogens is 1. The molecule has 0 saturated carbocycles. The number of rotatable bonds is 7. The summed E-state index contributed by atoms with van der Waals surface area (Å²) in [6.07, 6.45) is 3.70. The quantitative estimate of drug-likeness (QED) is 0.351. The molecule has 0 saturated heterocycles. The van der Waals surface area contributed by atoms with Crippen LogP contribution in [0.25, 0.3) is 6.08 Å². The summed E-state index contributed by atoms with van der Waals surface area (Å²) in [5, 5.41) is 2.81. The summed E-state index contributed by atoms with van der Waals surface area (Å²) in [4.78, 5) is 15.5. The second-order valence-electron chi connectivity index (χ2n) is 6.41. The summed E-state index contributed by atoms with van der Waals surface area (Å²) in [5.41, 5.74) is 15.4. The van der Waals surface area contributed by atoms with E-state index in [0.29, 0.717) is 40.7 Å². The largest absolute Gasteiger partial charge is 0.397 e. The van der Waals surface area contributed by atoms with Crippen molar-refractivity contribution in [3.05, 3.63) is 76.2 Å². The van der Waals surface area contributed by atoms with Crippen molar-refractivity contribution in [1.29, 1.82) is 0 Å². The predicted molar refractivity (Wildman–Crippen MR) is 119 cm³/mol. The number of hydrogen-bond donors (Lipinski definition) is 4. The molecule has 0 aliphatic carbocycles. The van der Waals surface area contributed by atoms with E-state index in [1.807, 2.05) is 41.0 Å². The molecule has 0 unspecified atom stereocenters. The number of nitrogen functional groups attached to an aromatic ring is 2. The smallest absolute Gasteiger partial charge is 0.255 e. The number of aromatic amines is 1. The first-order chi connectivity index (χ1) is 14.0. The second kappa shape index (κ2) is 9.22. The number of nitrogens with one attached hydrogen (secondary N) is 2. The van der Waals surface area contributed by atoms with Crippen LogP contribution in [-0.2, 0) is 11.3 Å². The maximum Gasteiger partial charge on any atom is 0.255 e. The normalized spacial score (nSPS) is 11.1. The number of methoxy groups -OCH3 is 1. The fourth-order valence-corrected chi connectivity index (χ4v) is 3.07. The molecule has 3 rings (SSSR count). The van der Waals surface area contributed by atoms with E-state index in [1.54, 1.807) is 31.4 Å². The number of carbonyl (C=O) groups excluding carboxylic acids is 1. The molecule has 0 atom stereocenters. The molecule has 0 aliphatic rings. The van der Waals surface area contributed by atoms with Crippen LogP contribution in [0.4, 0.5) is 17.2 Å². The van der Waals surface area contributed by atoms with Crippen molar-refractivity contribution in [3.63, 3.8) is 0 Å². The molecule has 0 fully saturated rings. The highest BCUT2D eigenvalue weighted by molar-refractivity contribution is 7.71. The van der Waals surface area contributed by atoms with Gasteiger partial charge in [-0.05, 0) is 48.1 Å². The lowest BCUT2D eigenvalue weighted by atomic mass is 10.1. The average molecular weight is 410 g/mol. The molecule has 8 heteroatoms. The topological polar surface area (TPSA) is 111 Å². The number of anilines is 3. The van der Waals surface area contributed by atoms with Gasteiger partial charge >= 0.3 is 0 Å². The fourth-order valence-electron chi connectivity index (χ4n) is 2.80. The Morgan fingerprint density at radius 1 is 1.21 bits per heavy atom. The highest BCUT2D eigenvalue weighted by Gasteiger charge is 2.10. The van der Waals surface area contributed by atoms with Gasteiger partial charge in [-0.1, -0.05) is 30.3 Å². The van der Waals surface area contributed by atoms with Gasteiger partial charge in [-0.3, -0.25) is 9.36 Å². The molecule has 0 spiro atoms. The molecule has 29 heavy (non-hydrogen) atoms. The summed E-state index contributed by atoms with van der Waals surface area (Å²) < 4.78 is 7.33. The molecule has 1 aromatic heterocycles. The van der Waals surface area contributed by atoms with Crippen LogP contribution in [0, 0.1) is 4.77 Å². The monoisotopic (exact) mass is 409 g/mol. The third kappa shape index (κ3) is 4.92. The maximum absolute atomic E-state index is 12.4. The molecule has 0 aliphatic heterocycles. The van der Waals surface area contributed by atoms with E-state index in [2.05, 4.69) is 10.3 Å². The van der Waals surface area contributed by atoms with E-state index in [4.69, 9.17) is 28.4 Å². The number of ether oxygens (including phenoxy) is 1. The lowest BCUT2D eigenvalue weighted by Crippen LogP contribution is -2.13. The SMILES string of the molecule is COC/C=C\c1[nH]c(=S)n(Cc2ccc(C(=O)Nc3ccccc3N)cc2)c1N. The third-order valence-electron chi connectivity index (χ3n) is 4.37. The Kier molecular flexibility index (Phi) is 6.48. The fraction of sp³-hybridized carbons (Fsp3) is 0.143. The second-order valence-corrected chi connectivity index (χ2v) is 6.80. The van der Waals surface area contributed by atoms with Crippen LogP contribution in [-0.4, -0.2) is 29.2 Å². The number of benzene rings is 2. The van der Waals surface area contributed by atoms with Gasteiger partial charge in [0.1, 0.15) is 5.82 Å².